The molecule has 1 fully saturated rings. The summed E-state index contributed by atoms with van der Waals surface area (Å²) in [6, 6.07) is 18.9. The topological polar surface area (TPSA) is 22.9 Å². The van der Waals surface area contributed by atoms with Crippen molar-refractivity contribution < 1.29 is 14.4 Å². The predicted molar refractivity (Wildman–Crippen MR) is 116 cm³/mol. The van der Waals surface area contributed by atoms with Crippen molar-refractivity contribution in [2.75, 3.05) is 13.6 Å². The van der Waals surface area contributed by atoms with Crippen LogP contribution in [-0.4, -0.2) is 24.8 Å². The highest BCUT2D eigenvalue weighted by molar-refractivity contribution is 5.39. The van der Waals surface area contributed by atoms with Crippen LogP contribution in [0.2, 0.25) is 0 Å². The zero-order chi connectivity index (χ0) is 20.5. The van der Waals surface area contributed by atoms with Gasteiger partial charge in [0.25, 0.3) is 0 Å². The van der Waals surface area contributed by atoms with Gasteiger partial charge < -0.3 is 14.4 Å². The first-order chi connectivity index (χ1) is 13.9. The number of quaternary nitrogens is 1. The lowest BCUT2D eigenvalue weighted by atomic mass is 9.73. The van der Waals surface area contributed by atoms with Gasteiger partial charge in [0, 0.05) is 17.0 Å². The molecule has 2 aliphatic rings. The Bertz CT molecular complexity index is 911. The molecule has 0 radical (unpaired) electrons. The lowest BCUT2D eigenvalue weighted by molar-refractivity contribution is -0.886. The van der Waals surface area contributed by atoms with Crippen molar-refractivity contribution in [2.24, 2.45) is 5.92 Å². The number of para-hydroxylation sites is 1. The molecule has 0 bridgehead atoms. The van der Waals surface area contributed by atoms with E-state index in [1.54, 1.807) is 0 Å². The van der Waals surface area contributed by atoms with Crippen LogP contribution >= 0.6 is 0 Å². The van der Waals surface area contributed by atoms with Crippen LogP contribution in [0.1, 0.15) is 50.8 Å². The highest BCUT2D eigenvalue weighted by Crippen LogP contribution is 2.52. The van der Waals surface area contributed by atoms with Crippen LogP contribution in [0.5, 0.6) is 5.75 Å². The molecule has 1 saturated heterocycles. The second-order valence-electron chi connectivity index (χ2n) is 9.26. The van der Waals surface area contributed by atoms with Crippen LogP contribution in [-0.2, 0) is 11.3 Å². The van der Waals surface area contributed by atoms with Crippen molar-refractivity contribution in [3.05, 3.63) is 65.7 Å². The molecule has 0 amide bonds. The second kappa shape index (κ2) is 7.86. The first-order valence-electron chi connectivity index (χ1n) is 10.7. The number of ether oxygens (including phenoxy) is 2. The molecule has 4 atom stereocenters. The molecule has 0 aliphatic carbocycles. The van der Waals surface area contributed by atoms with Gasteiger partial charge in [0.15, 0.2) is 0 Å². The number of fused-ring (bicyclic) bond motifs is 3. The Morgan fingerprint density at radius 2 is 1.76 bits per heavy atom. The first kappa shape index (κ1) is 20.0. The highest BCUT2D eigenvalue weighted by atomic mass is 16.5. The summed E-state index contributed by atoms with van der Waals surface area (Å²) in [6.45, 7) is 8.30. The molecule has 2 aromatic carbocycles. The van der Waals surface area contributed by atoms with Gasteiger partial charge in [0.05, 0.1) is 13.2 Å². The van der Waals surface area contributed by atoms with E-state index in [4.69, 9.17) is 9.47 Å². The summed E-state index contributed by atoms with van der Waals surface area (Å²) in [5.74, 6) is 8.18. The zero-order valence-electron chi connectivity index (χ0n) is 18.0. The normalized spacial score (nSPS) is 28.1. The van der Waals surface area contributed by atoms with E-state index in [2.05, 4.69) is 88.2 Å². The second-order valence-corrected chi connectivity index (χ2v) is 9.26. The molecule has 0 aromatic heterocycles. The third-order valence-corrected chi connectivity index (χ3v) is 6.27. The Morgan fingerprint density at radius 3 is 2.55 bits per heavy atom. The quantitative estimate of drug-likeness (QED) is 0.806. The minimum absolute atomic E-state index is 0.0393. The Morgan fingerprint density at radius 1 is 1.03 bits per heavy atom. The number of rotatable bonds is 3. The lowest BCUT2D eigenvalue weighted by Gasteiger charge is -2.50. The van der Waals surface area contributed by atoms with Gasteiger partial charge in [0.1, 0.15) is 30.0 Å². The standard InChI is InChI=1S/C26H31NO2/c1-25(2)22-15-17-26(3,29-24(22)21-13-8-9-14-23(21)28-25)16-10-18-27(4)19-20-11-6-5-7-12-20/h5-9,11-14,22,24H,15,17-19H2,1-4H3/p+1/t22-,24+,26-/m1/s1. The van der Waals surface area contributed by atoms with Crippen molar-refractivity contribution >= 4 is 0 Å². The molecular weight excluding hydrogens is 358 g/mol. The van der Waals surface area contributed by atoms with Crippen LogP contribution in [0, 0.1) is 17.8 Å². The Kier molecular flexibility index (Phi) is 5.42. The third kappa shape index (κ3) is 4.34. The molecule has 3 nitrogen and oxygen atoms in total. The first-order valence-corrected chi connectivity index (χ1v) is 10.7. The molecule has 4 rings (SSSR count). The Labute approximate surface area is 175 Å². The maximum Gasteiger partial charge on any atom is 0.139 e. The van der Waals surface area contributed by atoms with E-state index < -0.39 is 5.60 Å². The monoisotopic (exact) mass is 390 g/mol. The van der Waals surface area contributed by atoms with E-state index in [1.165, 1.54) is 10.5 Å². The Hall–Kier alpha value is -2.28. The fraction of sp³-hybridized carbons (Fsp3) is 0.462. The molecular formula is C26H32NO2+. The van der Waals surface area contributed by atoms with E-state index in [0.29, 0.717) is 5.92 Å². The largest absolute Gasteiger partial charge is 0.487 e. The minimum Gasteiger partial charge on any atom is -0.487 e. The van der Waals surface area contributed by atoms with Crippen molar-refractivity contribution in [1.82, 2.24) is 0 Å². The van der Waals surface area contributed by atoms with Crippen LogP contribution in [0.15, 0.2) is 54.6 Å². The molecule has 0 saturated carbocycles. The highest BCUT2D eigenvalue weighted by Gasteiger charge is 2.49. The number of hydrogen-bond donors (Lipinski definition) is 1. The minimum atomic E-state index is -0.408. The van der Waals surface area contributed by atoms with Gasteiger partial charge in [-0.05, 0) is 45.6 Å². The molecule has 1 unspecified atom stereocenters. The maximum absolute atomic E-state index is 6.68. The summed E-state index contributed by atoms with van der Waals surface area (Å²) in [5.41, 5.74) is 1.87. The van der Waals surface area contributed by atoms with Crippen LogP contribution in [0.4, 0.5) is 0 Å². The summed E-state index contributed by atoms with van der Waals surface area (Å²) in [4.78, 5) is 1.39. The van der Waals surface area contributed by atoms with Crippen LogP contribution < -0.4 is 9.64 Å². The molecule has 2 aliphatic heterocycles. The van der Waals surface area contributed by atoms with Crippen molar-refractivity contribution in [3.8, 4) is 17.6 Å². The van der Waals surface area contributed by atoms with Crippen molar-refractivity contribution in [1.29, 1.82) is 0 Å². The van der Waals surface area contributed by atoms with E-state index in [1.807, 2.05) is 6.07 Å². The fourth-order valence-electron chi connectivity index (χ4n) is 4.64. The maximum atomic E-state index is 6.68. The SMILES string of the molecule is C[NH+](CC#C[C@]1(C)CC[C@@H]2[C@@H](O1)c1ccccc1OC2(C)C)Cc1ccccc1. The molecule has 152 valence electrons. The van der Waals surface area contributed by atoms with Gasteiger partial charge in [-0.25, -0.2) is 0 Å². The van der Waals surface area contributed by atoms with Gasteiger partial charge in [-0.3, -0.25) is 0 Å². The van der Waals surface area contributed by atoms with Gasteiger partial charge in [-0.15, -0.1) is 0 Å². The summed E-state index contributed by atoms with van der Waals surface area (Å²) >= 11 is 0. The summed E-state index contributed by atoms with van der Waals surface area (Å²) in [6.07, 6.45) is 2.04. The average molecular weight is 391 g/mol. The summed E-state index contributed by atoms with van der Waals surface area (Å²) < 4.78 is 13.0. The van der Waals surface area contributed by atoms with E-state index >= 15 is 0 Å². The van der Waals surface area contributed by atoms with Gasteiger partial charge in [0.2, 0.25) is 0 Å². The molecule has 2 heterocycles. The van der Waals surface area contributed by atoms with Crippen molar-refractivity contribution in [2.45, 2.75) is 57.5 Å². The molecule has 1 N–H and O–H groups in total. The van der Waals surface area contributed by atoms with E-state index in [0.717, 1.165) is 37.2 Å². The van der Waals surface area contributed by atoms with Gasteiger partial charge in [-0.2, -0.15) is 0 Å². The number of nitrogens with one attached hydrogen (secondary N) is 1. The van der Waals surface area contributed by atoms with Crippen LogP contribution in [0.3, 0.4) is 0 Å². The smallest absolute Gasteiger partial charge is 0.139 e. The summed E-state index contributed by atoms with van der Waals surface area (Å²) in [7, 11) is 2.19. The zero-order valence-corrected chi connectivity index (χ0v) is 18.0. The van der Waals surface area contributed by atoms with Crippen LogP contribution in [0.25, 0.3) is 0 Å². The lowest BCUT2D eigenvalue weighted by Crippen LogP contribution is -3.07. The van der Waals surface area contributed by atoms with Gasteiger partial charge in [-0.1, -0.05) is 54.5 Å². The fourth-order valence-corrected chi connectivity index (χ4v) is 4.64. The number of benzene rings is 2. The third-order valence-electron chi connectivity index (χ3n) is 6.27. The van der Waals surface area contributed by atoms with Crippen molar-refractivity contribution in [3.63, 3.8) is 0 Å². The molecule has 0 spiro atoms. The molecule has 2 aromatic rings. The van der Waals surface area contributed by atoms with Gasteiger partial charge >= 0.3 is 0 Å². The average Bonchev–Trinajstić information content (AvgIpc) is 2.68. The Balaban J connectivity index is 1.46. The molecule has 29 heavy (non-hydrogen) atoms. The summed E-state index contributed by atoms with van der Waals surface area (Å²) in [5, 5.41) is 0. The van der Waals surface area contributed by atoms with E-state index in [9.17, 15) is 0 Å². The predicted octanol–water partition coefficient (Wildman–Crippen LogP) is 3.80. The molecule has 3 heteroatoms. The van der Waals surface area contributed by atoms with E-state index in [-0.39, 0.29) is 11.7 Å². The number of hydrogen-bond acceptors (Lipinski definition) is 2.